The van der Waals surface area contributed by atoms with Crippen molar-refractivity contribution in [3.63, 3.8) is 0 Å². The molecule has 0 spiro atoms. The van der Waals surface area contributed by atoms with Gasteiger partial charge in [-0.1, -0.05) is 39.0 Å². The van der Waals surface area contributed by atoms with Crippen LogP contribution in [0.2, 0.25) is 0 Å². The summed E-state index contributed by atoms with van der Waals surface area (Å²) in [5.41, 5.74) is 10.1. The molecule has 0 amide bonds. The Hall–Kier alpha value is -0.900. The minimum Gasteiger partial charge on any atom is -0.330 e. The maximum Gasteiger partial charge on any atom is 0.0322 e. The van der Waals surface area contributed by atoms with Crippen LogP contribution in [0.4, 0.5) is 0 Å². The Kier molecular flexibility index (Phi) is 6.01. The van der Waals surface area contributed by atoms with Crippen molar-refractivity contribution in [3.8, 4) is 0 Å². The van der Waals surface area contributed by atoms with Crippen LogP contribution in [-0.2, 0) is 11.8 Å². The largest absolute Gasteiger partial charge is 0.330 e. The number of rotatable bonds is 7. The van der Waals surface area contributed by atoms with Crippen LogP contribution in [0.3, 0.4) is 0 Å². The molecule has 22 heavy (non-hydrogen) atoms. The molecule has 1 aromatic carbocycles. The van der Waals surface area contributed by atoms with Gasteiger partial charge in [0, 0.05) is 25.2 Å². The second kappa shape index (κ2) is 7.58. The van der Waals surface area contributed by atoms with Gasteiger partial charge in [0.2, 0.25) is 0 Å². The fourth-order valence-corrected chi connectivity index (χ4v) is 2.88. The van der Waals surface area contributed by atoms with E-state index in [2.05, 4.69) is 56.5 Å². The lowest BCUT2D eigenvalue weighted by Gasteiger charge is -2.32. The average molecular weight is 303 g/mol. The topological polar surface area (TPSA) is 50.1 Å². The molecule has 1 aliphatic rings. The third-order valence-corrected chi connectivity index (χ3v) is 4.57. The van der Waals surface area contributed by atoms with Crippen molar-refractivity contribution >= 4 is 0 Å². The summed E-state index contributed by atoms with van der Waals surface area (Å²) < 4.78 is 0. The first kappa shape index (κ1) is 17.5. The van der Waals surface area contributed by atoms with Gasteiger partial charge in [-0.05, 0) is 54.8 Å². The Morgan fingerprint density at radius 1 is 1.23 bits per heavy atom. The number of hydrogen-bond acceptors (Lipinski definition) is 3. The van der Waals surface area contributed by atoms with Crippen molar-refractivity contribution in [2.75, 3.05) is 19.6 Å². The molecule has 2 rings (SSSR count). The quantitative estimate of drug-likeness (QED) is 0.679. The Bertz CT molecular complexity index is 472. The van der Waals surface area contributed by atoms with E-state index in [1.165, 1.54) is 23.1 Å². The van der Waals surface area contributed by atoms with Gasteiger partial charge in [0.25, 0.3) is 0 Å². The molecule has 0 saturated carbocycles. The molecule has 1 atom stereocenters. The molecule has 0 radical (unpaired) electrons. The summed E-state index contributed by atoms with van der Waals surface area (Å²) in [5.74, 6) is 0. The smallest absolute Gasteiger partial charge is 0.0322 e. The number of nitrogens with one attached hydrogen (secondary N) is 2. The first-order valence-electron chi connectivity index (χ1n) is 8.71. The van der Waals surface area contributed by atoms with E-state index in [4.69, 9.17) is 5.73 Å². The molecular formula is C19H33N3. The van der Waals surface area contributed by atoms with E-state index < -0.39 is 0 Å². The van der Waals surface area contributed by atoms with Gasteiger partial charge in [-0.25, -0.2) is 0 Å². The predicted octanol–water partition coefficient (Wildman–Crippen LogP) is 2.89. The number of benzene rings is 1. The molecule has 4 N–H and O–H groups in total. The molecule has 0 aliphatic carbocycles. The van der Waals surface area contributed by atoms with Crippen molar-refractivity contribution < 1.29 is 0 Å². The van der Waals surface area contributed by atoms with Gasteiger partial charge in [-0.2, -0.15) is 0 Å². The molecule has 3 heteroatoms. The highest BCUT2D eigenvalue weighted by Gasteiger charge is 2.21. The normalized spacial score (nSPS) is 17.3. The number of nitrogens with two attached hydrogens (primary N) is 1. The summed E-state index contributed by atoms with van der Waals surface area (Å²) in [6.45, 7) is 12.1. The van der Waals surface area contributed by atoms with Crippen LogP contribution in [0.25, 0.3) is 0 Å². The van der Waals surface area contributed by atoms with Crippen LogP contribution in [0.1, 0.15) is 63.3 Å². The second-order valence-electron chi connectivity index (χ2n) is 7.70. The molecular weight excluding hydrogens is 270 g/mol. The summed E-state index contributed by atoms with van der Waals surface area (Å²) >= 11 is 0. The lowest BCUT2D eigenvalue weighted by Crippen LogP contribution is -2.55. The Labute approximate surface area is 136 Å². The third-order valence-electron chi connectivity index (χ3n) is 4.57. The Balaban J connectivity index is 2.16. The van der Waals surface area contributed by atoms with Crippen LogP contribution in [0.15, 0.2) is 18.2 Å². The van der Waals surface area contributed by atoms with Gasteiger partial charge in [0.05, 0.1) is 0 Å². The van der Waals surface area contributed by atoms with Gasteiger partial charge in [-0.15, -0.1) is 0 Å². The average Bonchev–Trinajstić information content (AvgIpc) is 2.41. The van der Waals surface area contributed by atoms with E-state index in [1.807, 2.05) is 0 Å². The zero-order chi connectivity index (χ0) is 16.2. The lowest BCUT2D eigenvalue weighted by molar-refractivity contribution is 0.338. The van der Waals surface area contributed by atoms with Gasteiger partial charge in [0.15, 0.2) is 0 Å². The summed E-state index contributed by atoms with van der Waals surface area (Å²) in [7, 11) is 0. The first-order valence-corrected chi connectivity index (χ1v) is 8.71. The van der Waals surface area contributed by atoms with Crippen molar-refractivity contribution in [2.24, 2.45) is 5.73 Å². The highest BCUT2D eigenvalue weighted by Crippen LogP contribution is 2.28. The highest BCUT2D eigenvalue weighted by molar-refractivity contribution is 5.35. The molecule has 3 nitrogen and oxygen atoms in total. The van der Waals surface area contributed by atoms with Gasteiger partial charge in [-0.3, -0.25) is 0 Å². The number of hydrogen-bond donors (Lipinski definition) is 3. The zero-order valence-corrected chi connectivity index (χ0v) is 14.7. The SMILES string of the molecule is CC(NC1CNC1)c1cc(CCCCN)cc(C(C)(C)C)c1. The number of aryl methyl sites for hydroxylation is 1. The van der Waals surface area contributed by atoms with Gasteiger partial charge in [0.1, 0.15) is 0 Å². The number of unbranched alkanes of at least 4 members (excludes halogenated alkanes) is 1. The standard InChI is InChI=1S/C19H33N3/c1-14(22-18-12-21-13-18)16-9-15(7-5-6-8-20)10-17(11-16)19(2,3)4/h9-11,14,18,21-22H,5-8,12-13,20H2,1-4H3. The lowest BCUT2D eigenvalue weighted by atomic mass is 9.83. The highest BCUT2D eigenvalue weighted by atomic mass is 15.1. The third kappa shape index (κ3) is 4.80. The zero-order valence-electron chi connectivity index (χ0n) is 14.7. The fourth-order valence-electron chi connectivity index (χ4n) is 2.88. The van der Waals surface area contributed by atoms with Gasteiger partial charge >= 0.3 is 0 Å². The molecule has 1 fully saturated rings. The van der Waals surface area contributed by atoms with Crippen LogP contribution < -0.4 is 16.4 Å². The monoisotopic (exact) mass is 303 g/mol. The molecule has 1 saturated heterocycles. The molecule has 1 aromatic rings. The van der Waals surface area contributed by atoms with E-state index in [1.54, 1.807) is 0 Å². The van der Waals surface area contributed by atoms with E-state index in [0.717, 1.165) is 32.5 Å². The van der Waals surface area contributed by atoms with Crippen molar-refractivity contribution in [1.29, 1.82) is 0 Å². The van der Waals surface area contributed by atoms with E-state index in [-0.39, 0.29) is 5.41 Å². The van der Waals surface area contributed by atoms with Crippen LogP contribution in [0.5, 0.6) is 0 Å². The van der Waals surface area contributed by atoms with E-state index >= 15 is 0 Å². The summed E-state index contributed by atoms with van der Waals surface area (Å²) in [6.07, 6.45) is 3.42. The Morgan fingerprint density at radius 2 is 1.95 bits per heavy atom. The van der Waals surface area contributed by atoms with E-state index in [9.17, 15) is 0 Å². The summed E-state index contributed by atoms with van der Waals surface area (Å²) in [4.78, 5) is 0. The predicted molar refractivity (Wildman–Crippen MR) is 95.3 cm³/mol. The molecule has 0 bridgehead atoms. The van der Waals surface area contributed by atoms with Crippen molar-refractivity contribution in [1.82, 2.24) is 10.6 Å². The van der Waals surface area contributed by atoms with Crippen LogP contribution >= 0.6 is 0 Å². The van der Waals surface area contributed by atoms with E-state index in [0.29, 0.717) is 12.1 Å². The molecule has 1 aliphatic heterocycles. The first-order chi connectivity index (χ1) is 10.4. The van der Waals surface area contributed by atoms with Crippen molar-refractivity contribution in [3.05, 3.63) is 34.9 Å². The van der Waals surface area contributed by atoms with Gasteiger partial charge < -0.3 is 16.4 Å². The molecule has 1 unspecified atom stereocenters. The maximum atomic E-state index is 5.63. The maximum absolute atomic E-state index is 5.63. The molecule has 1 heterocycles. The minimum atomic E-state index is 0.191. The summed E-state index contributed by atoms with van der Waals surface area (Å²) in [6, 6.07) is 8.18. The fraction of sp³-hybridized carbons (Fsp3) is 0.684. The van der Waals surface area contributed by atoms with Crippen LogP contribution in [0, 0.1) is 0 Å². The van der Waals surface area contributed by atoms with Crippen molar-refractivity contribution in [2.45, 2.75) is 64.5 Å². The summed E-state index contributed by atoms with van der Waals surface area (Å²) in [5, 5.41) is 7.05. The molecule has 124 valence electrons. The van der Waals surface area contributed by atoms with Crippen LogP contribution in [-0.4, -0.2) is 25.7 Å². The Morgan fingerprint density at radius 3 is 2.50 bits per heavy atom. The minimum absolute atomic E-state index is 0.191. The molecule has 0 aromatic heterocycles. The second-order valence-corrected chi connectivity index (χ2v) is 7.70.